The molecule has 0 saturated carbocycles. The van der Waals surface area contributed by atoms with E-state index >= 15 is 0 Å². The van der Waals surface area contributed by atoms with Crippen LogP contribution in [0.5, 0.6) is 0 Å². The first kappa shape index (κ1) is 16.9. The van der Waals surface area contributed by atoms with E-state index in [0.29, 0.717) is 0 Å². The van der Waals surface area contributed by atoms with Gasteiger partial charge in [0.25, 0.3) is 0 Å². The van der Waals surface area contributed by atoms with E-state index < -0.39 is 35.3 Å². The fourth-order valence-electron chi connectivity index (χ4n) is 2.05. The molecule has 0 heterocycles. The second kappa shape index (κ2) is 6.18. The summed E-state index contributed by atoms with van der Waals surface area (Å²) in [6.07, 6.45) is -0.651. The molecule has 0 spiro atoms. The highest BCUT2D eigenvalue weighted by Crippen LogP contribution is 2.41. The fraction of sp³-hybridized carbons (Fsp3) is 0.846. The lowest BCUT2D eigenvalue weighted by atomic mass is 9.64. The van der Waals surface area contributed by atoms with Crippen molar-refractivity contribution in [3.05, 3.63) is 0 Å². The Balaban J connectivity index is 5.57. The molecule has 18 heavy (non-hydrogen) atoms. The minimum atomic E-state index is -1.13. The molecule has 106 valence electrons. The molecule has 0 aliphatic heterocycles. The van der Waals surface area contributed by atoms with E-state index in [4.69, 9.17) is 4.74 Å². The van der Waals surface area contributed by atoms with Crippen molar-refractivity contribution in [3.63, 3.8) is 0 Å². The molecule has 3 unspecified atom stereocenters. The summed E-state index contributed by atoms with van der Waals surface area (Å²) < 4.78 is 5.04. The van der Waals surface area contributed by atoms with E-state index in [1.165, 1.54) is 7.11 Å². The summed E-state index contributed by atoms with van der Waals surface area (Å²) in [5, 5.41) is 18.7. The van der Waals surface area contributed by atoms with Crippen LogP contribution in [0.25, 0.3) is 0 Å². The van der Waals surface area contributed by atoms with Crippen LogP contribution < -0.4 is 0 Å². The fourth-order valence-corrected chi connectivity index (χ4v) is 2.05. The standard InChI is InChI=1S/C13H24O5/c1-7(2)13(4,5)10(12(16)17)9(11(14)15)8(3)18-6/h7-10H,1-6H3,(H,14,15)(H,16,17). The minimum Gasteiger partial charge on any atom is -0.481 e. The van der Waals surface area contributed by atoms with Gasteiger partial charge < -0.3 is 14.9 Å². The van der Waals surface area contributed by atoms with Crippen molar-refractivity contribution >= 4 is 11.9 Å². The van der Waals surface area contributed by atoms with E-state index in [9.17, 15) is 19.8 Å². The Hall–Kier alpha value is -1.10. The molecule has 0 aliphatic rings. The third kappa shape index (κ3) is 3.45. The molecule has 0 amide bonds. The van der Waals surface area contributed by atoms with Gasteiger partial charge in [0.15, 0.2) is 0 Å². The monoisotopic (exact) mass is 260 g/mol. The second-order valence-corrected chi connectivity index (χ2v) is 5.60. The number of rotatable bonds is 7. The normalized spacial score (nSPS) is 17.3. The van der Waals surface area contributed by atoms with Crippen LogP contribution in [0.1, 0.15) is 34.6 Å². The lowest BCUT2D eigenvalue weighted by Gasteiger charge is -2.39. The number of methoxy groups -OCH3 is 1. The van der Waals surface area contributed by atoms with Crippen molar-refractivity contribution < 1.29 is 24.5 Å². The predicted octanol–water partition coefficient (Wildman–Crippen LogP) is 2.11. The zero-order valence-corrected chi connectivity index (χ0v) is 11.9. The van der Waals surface area contributed by atoms with Gasteiger partial charge in [-0.3, -0.25) is 9.59 Å². The molecule has 0 saturated heterocycles. The Morgan fingerprint density at radius 2 is 1.50 bits per heavy atom. The summed E-state index contributed by atoms with van der Waals surface area (Å²) in [7, 11) is 1.39. The molecule has 3 atom stereocenters. The smallest absolute Gasteiger partial charge is 0.310 e. The number of hydrogen-bond donors (Lipinski definition) is 2. The Morgan fingerprint density at radius 1 is 1.06 bits per heavy atom. The maximum absolute atomic E-state index is 11.5. The van der Waals surface area contributed by atoms with Crippen LogP contribution in [-0.4, -0.2) is 35.4 Å². The molecule has 0 rings (SSSR count). The molecule has 0 aromatic carbocycles. The number of carboxylic acid groups (broad SMARTS) is 2. The van der Waals surface area contributed by atoms with Gasteiger partial charge in [0.05, 0.1) is 17.9 Å². The first-order valence-corrected chi connectivity index (χ1v) is 6.05. The molecular formula is C13H24O5. The summed E-state index contributed by atoms with van der Waals surface area (Å²) >= 11 is 0. The van der Waals surface area contributed by atoms with E-state index in [1.54, 1.807) is 20.8 Å². The van der Waals surface area contributed by atoms with Crippen LogP contribution in [0.3, 0.4) is 0 Å². The Bertz CT molecular complexity index is 309. The summed E-state index contributed by atoms with van der Waals surface area (Å²) in [5.74, 6) is -4.24. The number of carboxylic acids is 2. The van der Waals surface area contributed by atoms with Crippen molar-refractivity contribution in [2.24, 2.45) is 23.2 Å². The van der Waals surface area contributed by atoms with Gasteiger partial charge in [-0.1, -0.05) is 27.7 Å². The topological polar surface area (TPSA) is 83.8 Å². The second-order valence-electron chi connectivity index (χ2n) is 5.60. The van der Waals surface area contributed by atoms with Gasteiger partial charge >= 0.3 is 11.9 Å². The molecule has 0 aliphatic carbocycles. The van der Waals surface area contributed by atoms with Crippen molar-refractivity contribution in [2.45, 2.75) is 40.7 Å². The average Bonchev–Trinajstić information content (AvgIpc) is 2.22. The van der Waals surface area contributed by atoms with Crippen LogP contribution in [-0.2, 0) is 14.3 Å². The molecule has 0 radical (unpaired) electrons. The largest absolute Gasteiger partial charge is 0.481 e. The lowest BCUT2D eigenvalue weighted by Crippen LogP contribution is -2.47. The first-order chi connectivity index (χ1) is 8.07. The average molecular weight is 260 g/mol. The summed E-state index contributed by atoms with van der Waals surface area (Å²) in [4.78, 5) is 22.9. The highest BCUT2D eigenvalue weighted by Gasteiger charge is 2.48. The van der Waals surface area contributed by atoms with Crippen molar-refractivity contribution in [3.8, 4) is 0 Å². The summed E-state index contributed by atoms with van der Waals surface area (Å²) in [6.45, 7) is 8.95. The van der Waals surface area contributed by atoms with Gasteiger partial charge in [0.1, 0.15) is 0 Å². The minimum absolute atomic E-state index is 0.0458. The van der Waals surface area contributed by atoms with Crippen LogP contribution in [0, 0.1) is 23.2 Å². The van der Waals surface area contributed by atoms with E-state index in [-0.39, 0.29) is 5.92 Å². The molecule has 0 bridgehead atoms. The summed E-state index contributed by atoms with van der Waals surface area (Å²) in [5.41, 5.74) is -0.637. The molecular weight excluding hydrogens is 236 g/mol. The van der Waals surface area contributed by atoms with Gasteiger partial charge in [-0.25, -0.2) is 0 Å². The van der Waals surface area contributed by atoms with Crippen molar-refractivity contribution in [2.75, 3.05) is 7.11 Å². The maximum Gasteiger partial charge on any atom is 0.310 e. The molecule has 2 N–H and O–H groups in total. The highest BCUT2D eigenvalue weighted by atomic mass is 16.5. The van der Waals surface area contributed by atoms with E-state index in [0.717, 1.165) is 0 Å². The molecule has 0 fully saturated rings. The van der Waals surface area contributed by atoms with Crippen LogP contribution in [0.2, 0.25) is 0 Å². The molecule has 0 aromatic rings. The third-order valence-corrected chi connectivity index (χ3v) is 4.08. The van der Waals surface area contributed by atoms with Crippen LogP contribution in [0.15, 0.2) is 0 Å². The van der Waals surface area contributed by atoms with Crippen molar-refractivity contribution in [1.82, 2.24) is 0 Å². The lowest BCUT2D eigenvalue weighted by molar-refractivity contribution is -0.166. The van der Waals surface area contributed by atoms with E-state index in [1.807, 2.05) is 13.8 Å². The van der Waals surface area contributed by atoms with Crippen LogP contribution in [0.4, 0.5) is 0 Å². The third-order valence-electron chi connectivity index (χ3n) is 4.08. The number of hydrogen-bond acceptors (Lipinski definition) is 3. The van der Waals surface area contributed by atoms with E-state index in [2.05, 4.69) is 0 Å². The summed E-state index contributed by atoms with van der Waals surface area (Å²) in [6, 6.07) is 0. The molecule has 0 aromatic heterocycles. The molecule has 5 nitrogen and oxygen atoms in total. The van der Waals surface area contributed by atoms with Gasteiger partial charge in [-0.05, 0) is 18.3 Å². The number of carbonyl (C=O) groups is 2. The SMILES string of the molecule is COC(C)C(C(=O)O)C(C(=O)O)C(C)(C)C(C)C. The number of ether oxygens (including phenoxy) is 1. The van der Waals surface area contributed by atoms with Gasteiger partial charge in [0.2, 0.25) is 0 Å². The predicted molar refractivity (Wildman–Crippen MR) is 67.3 cm³/mol. The number of aliphatic carboxylic acids is 2. The highest BCUT2D eigenvalue weighted by molar-refractivity contribution is 5.81. The molecule has 5 heteroatoms. The maximum atomic E-state index is 11.5. The van der Waals surface area contributed by atoms with Gasteiger partial charge in [-0.15, -0.1) is 0 Å². The Kier molecular flexibility index (Phi) is 5.80. The zero-order chi connectivity index (χ0) is 14.7. The zero-order valence-electron chi connectivity index (χ0n) is 11.9. The van der Waals surface area contributed by atoms with Crippen LogP contribution >= 0.6 is 0 Å². The van der Waals surface area contributed by atoms with Gasteiger partial charge in [-0.2, -0.15) is 0 Å². The quantitative estimate of drug-likeness (QED) is 0.732. The van der Waals surface area contributed by atoms with Crippen molar-refractivity contribution in [1.29, 1.82) is 0 Å². The van der Waals surface area contributed by atoms with Gasteiger partial charge in [0, 0.05) is 7.11 Å². The Labute approximate surface area is 108 Å². The Morgan fingerprint density at radius 3 is 1.72 bits per heavy atom. The first-order valence-electron chi connectivity index (χ1n) is 6.05.